The van der Waals surface area contributed by atoms with Gasteiger partial charge in [-0.2, -0.15) is 4.89 Å². The molecule has 0 fully saturated rings. The number of carbonyl (C=O) groups is 1. The van der Waals surface area contributed by atoms with Gasteiger partial charge in [0.25, 0.3) is 0 Å². The molecule has 0 rings (SSSR count). The zero-order valence-corrected chi connectivity index (χ0v) is 7.53. The molecule has 0 aliphatic rings. The van der Waals surface area contributed by atoms with Crippen molar-refractivity contribution in [2.45, 2.75) is 32.8 Å². The van der Waals surface area contributed by atoms with Crippen LogP contribution in [0.1, 0.15) is 27.2 Å². The predicted octanol–water partition coefficient (Wildman–Crippen LogP) is 1.72. The average Bonchev–Trinajstić information content (AvgIpc) is 1.83. The fourth-order valence-electron chi connectivity index (χ4n) is 0.360. The van der Waals surface area contributed by atoms with Crippen LogP contribution >= 0.6 is 0 Å². The molecule has 0 aromatic heterocycles. The minimum Gasteiger partial charge on any atom is -0.481 e. The summed E-state index contributed by atoms with van der Waals surface area (Å²) in [5.74, 6) is -0.898. The zero-order valence-electron chi connectivity index (χ0n) is 7.53. The SMILES string of the molecule is CC(C)(C)OOC=CCC(=O)O. The van der Waals surface area contributed by atoms with Gasteiger partial charge in [0.1, 0.15) is 11.9 Å². The molecule has 0 aliphatic carbocycles. The summed E-state index contributed by atoms with van der Waals surface area (Å²) in [4.78, 5) is 19.4. The highest BCUT2D eigenvalue weighted by Gasteiger charge is 2.10. The quantitative estimate of drug-likeness (QED) is 0.400. The predicted molar refractivity (Wildman–Crippen MR) is 43.3 cm³/mol. The number of aliphatic carboxylic acids is 1. The van der Waals surface area contributed by atoms with Crippen LogP contribution in [0.15, 0.2) is 12.3 Å². The molecule has 0 spiro atoms. The minimum atomic E-state index is -0.898. The molecule has 4 heteroatoms. The second-order valence-corrected chi connectivity index (χ2v) is 3.26. The minimum absolute atomic E-state index is 0.0620. The van der Waals surface area contributed by atoms with E-state index in [2.05, 4.69) is 4.89 Å². The van der Waals surface area contributed by atoms with Crippen molar-refractivity contribution in [2.75, 3.05) is 0 Å². The maximum atomic E-state index is 10.0. The van der Waals surface area contributed by atoms with E-state index in [0.717, 1.165) is 0 Å². The summed E-state index contributed by atoms with van der Waals surface area (Å²) in [5, 5.41) is 8.23. The van der Waals surface area contributed by atoms with Crippen molar-refractivity contribution in [2.24, 2.45) is 0 Å². The summed E-state index contributed by atoms with van der Waals surface area (Å²) >= 11 is 0. The van der Waals surface area contributed by atoms with Crippen LogP contribution in [-0.4, -0.2) is 16.7 Å². The third-order valence-corrected chi connectivity index (χ3v) is 0.742. The van der Waals surface area contributed by atoms with Gasteiger partial charge in [0.05, 0.1) is 6.42 Å². The molecule has 0 bridgehead atoms. The Morgan fingerprint density at radius 3 is 2.50 bits per heavy atom. The molecule has 0 heterocycles. The van der Waals surface area contributed by atoms with Gasteiger partial charge in [0.15, 0.2) is 0 Å². The van der Waals surface area contributed by atoms with Crippen LogP contribution in [0.25, 0.3) is 0 Å². The molecule has 0 saturated heterocycles. The lowest BCUT2D eigenvalue weighted by molar-refractivity contribution is -0.310. The van der Waals surface area contributed by atoms with Gasteiger partial charge in [-0.3, -0.25) is 4.79 Å². The highest BCUT2D eigenvalue weighted by molar-refractivity contribution is 5.68. The number of hydrogen-bond acceptors (Lipinski definition) is 3. The van der Waals surface area contributed by atoms with Crippen LogP contribution in [0.3, 0.4) is 0 Å². The Kier molecular flexibility index (Phi) is 4.36. The second-order valence-electron chi connectivity index (χ2n) is 3.26. The van der Waals surface area contributed by atoms with E-state index in [4.69, 9.17) is 9.99 Å². The Morgan fingerprint density at radius 1 is 1.50 bits per heavy atom. The number of hydrogen-bond donors (Lipinski definition) is 1. The largest absolute Gasteiger partial charge is 0.481 e. The third kappa shape index (κ3) is 8.97. The number of carboxylic acids is 1. The summed E-state index contributed by atoms with van der Waals surface area (Å²) in [5.41, 5.74) is -0.381. The van der Waals surface area contributed by atoms with Crippen molar-refractivity contribution < 1.29 is 19.7 Å². The Bertz CT molecular complexity index is 166. The van der Waals surface area contributed by atoms with Crippen LogP contribution in [0.4, 0.5) is 0 Å². The van der Waals surface area contributed by atoms with Gasteiger partial charge < -0.3 is 9.99 Å². The second kappa shape index (κ2) is 4.77. The number of carboxylic acid groups (broad SMARTS) is 1. The normalized spacial score (nSPS) is 11.9. The fourth-order valence-corrected chi connectivity index (χ4v) is 0.360. The van der Waals surface area contributed by atoms with Gasteiger partial charge in [0.2, 0.25) is 0 Å². The van der Waals surface area contributed by atoms with E-state index in [1.807, 2.05) is 20.8 Å². The van der Waals surface area contributed by atoms with Gasteiger partial charge in [-0.1, -0.05) is 0 Å². The van der Waals surface area contributed by atoms with Gasteiger partial charge in [-0.25, -0.2) is 0 Å². The highest BCUT2D eigenvalue weighted by atomic mass is 17.2. The van der Waals surface area contributed by atoms with Crippen LogP contribution in [0.2, 0.25) is 0 Å². The summed E-state index contributed by atoms with van der Waals surface area (Å²) in [6.45, 7) is 5.49. The van der Waals surface area contributed by atoms with Gasteiger partial charge in [0, 0.05) is 0 Å². The molecule has 0 atom stereocenters. The molecule has 0 aliphatic heterocycles. The van der Waals surface area contributed by atoms with Crippen molar-refractivity contribution in [3.8, 4) is 0 Å². The highest BCUT2D eigenvalue weighted by Crippen LogP contribution is 2.06. The maximum absolute atomic E-state index is 10.0. The van der Waals surface area contributed by atoms with E-state index < -0.39 is 5.97 Å². The first-order valence-electron chi connectivity index (χ1n) is 3.63. The number of rotatable bonds is 4. The van der Waals surface area contributed by atoms with E-state index in [1.54, 1.807) is 0 Å². The lowest BCUT2D eigenvalue weighted by atomic mass is 10.2. The Morgan fingerprint density at radius 2 is 2.08 bits per heavy atom. The first-order valence-corrected chi connectivity index (χ1v) is 3.63. The smallest absolute Gasteiger partial charge is 0.307 e. The molecular weight excluding hydrogens is 160 g/mol. The lowest BCUT2D eigenvalue weighted by Gasteiger charge is -2.15. The molecular formula is C8H14O4. The summed E-state index contributed by atoms with van der Waals surface area (Å²) in [7, 11) is 0. The van der Waals surface area contributed by atoms with Crippen molar-refractivity contribution >= 4 is 5.97 Å². The van der Waals surface area contributed by atoms with Gasteiger partial charge >= 0.3 is 5.97 Å². The van der Waals surface area contributed by atoms with E-state index in [0.29, 0.717) is 0 Å². The van der Waals surface area contributed by atoms with Crippen molar-refractivity contribution in [1.82, 2.24) is 0 Å². The monoisotopic (exact) mass is 174 g/mol. The molecule has 0 amide bonds. The fraction of sp³-hybridized carbons (Fsp3) is 0.625. The Labute approximate surface area is 71.7 Å². The molecule has 0 saturated carbocycles. The molecule has 4 nitrogen and oxygen atoms in total. The van der Waals surface area contributed by atoms with Crippen LogP contribution in [0, 0.1) is 0 Å². The molecule has 1 N–H and O–H groups in total. The first kappa shape index (κ1) is 11.0. The Hall–Kier alpha value is -1.03. The third-order valence-electron chi connectivity index (χ3n) is 0.742. The van der Waals surface area contributed by atoms with Gasteiger partial charge in [-0.05, 0) is 26.8 Å². The molecule has 0 aromatic rings. The van der Waals surface area contributed by atoms with E-state index in [-0.39, 0.29) is 12.0 Å². The molecule has 0 unspecified atom stereocenters. The van der Waals surface area contributed by atoms with Crippen LogP contribution in [-0.2, 0) is 14.6 Å². The van der Waals surface area contributed by atoms with Gasteiger partial charge in [-0.15, -0.1) is 0 Å². The van der Waals surface area contributed by atoms with Crippen molar-refractivity contribution in [1.29, 1.82) is 0 Å². The van der Waals surface area contributed by atoms with Crippen molar-refractivity contribution in [3.05, 3.63) is 12.3 Å². The lowest BCUT2D eigenvalue weighted by Crippen LogP contribution is -2.17. The molecule has 12 heavy (non-hydrogen) atoms. The van der Waals surface area contributed by atoms with Crippen LogP contribution in [0.5, 0.6) is 0 Å². The van der Waals surface area contributed by atoms with E-state index in [9.17, 15) is 4.79 Å². The zero-order chi connectivity index (χ0) is 9.61. The summed E-state index contributed by atoms with van der Waals surface area (Å²) < 4.78 is 0. The summed E-state index contributed by atoms with van der Waals surface area (Å²) in [6.07, 6.45) is 2.53. The van der Waals surface area contributed by atoms with Crippen LogP contribution < -0.4 is 0 Å². The summed E-state index contributed by atoms with van der Waals surface area (Å²) in [6, 6.07) is 0. The molecule has 70 valence electrons. The topological polar surface area (TPSA) is 55.8 Å². The van der Waals surface area contributed by atoms with E-state index >= 15 is 0 Å². The first-order chi connectivity index (χ1) is 5.42. The average molecular weight is 174 g/mol. The standard InChI is InChI=1S/C8H14O4/c1-8(2,3)12-11-6-4-5-7(9)10/h4,6H,5H2,1-3H3,(H,9,10). The van der Waals surface area contributed by atoms with E-state index in [1.165, 1.54) is 12.3 Å². The molecule has 0 aromatic carbocycles. The molecule has 0 radical (unpaired) electrons. The maximum Gasteiger partial charge on any atom is 0.307 e. The Balaban J connectivity index is 3.43. The van der Waals surface area contributed by atoms with Crippen molar-refractivity contribution in [3.63, 3.8) is 0 Å².